The number of aliphatic hydroxyl groups is 1. The number of rotatable bonds is 5. The van der Waals surface area contributed by atoms with E-state index in [9.17, 15) is 22.7 Å². The molecule has 1 aliphatic heterocycles. The minimum atomic E-state index is -4.64. The molecule has 1 aliphatic rings. The maximum atomic E-state index is 14.6. The lowest BCUT2D eigenvalue weighted by Gasteiger charge is -2.32. The van der Waals surface area contributed by atoms with Crippen LogP contribution in [0.2, 0.25) is 0 Å². The van der Waals surface area contributed by atoms with Crippen molar-refractivity contribution in [2.24, 2.45) is 0 Å². The Bertz CT molecular complexity index is 1580. The van der Waals surface area contributed by atoms with Crippen LogP contribution in [0.1, 0.15) is 24.0 Å². The van der Waals surface area contributed by atoms with Crippen LogP contribution < -0.4 is 15.0 Å². The molecule has 2 N–H and O–H groups in total. The van der Waals surface area contributed by atoms with Crippen molar-refractivity contribution in [3.05, 3.63) is 72.1 Å². The predicted molar refractivity (Wildman–Crippen MR) is 138 cm³/mol. The summed E-state index contributed by atoms with van der Waals surface area (Å²) >= 11 is 0. The average molecular weight is 554 g/mol. The van der Waals surface area contributed by atoms with Crippen LogP contribution in [-0.2, 0) is 6.30 Å². The first kappa shape index (κ1) is 26.9. The first-order chi connectivity index (χ1) is 19.2. The van der Waals surface area contributed by atoms with Gasteiger partial charge in [-0.25, -0.2) is 19.3 Å². The van der Waals surface area contributed by atoms with Crippen molar-refractivity contribution in [3.63, 3.8) is 0 Å². The largest absolute Gasteiger partial charge is 0.504 e. The number of hydrogen-bond donors (Lipinski definition) is 2. The van der Waals surface area contributed by atoms with Gasteiger partial charge < -0.3 is 20.1 Å². The third-order valence-corrected chi connectivity index (χ3v) is 6.13. The molecule has 1 fully saturated rings. The van der Waals surface area contributed by atoms with Crippen LogP contribution in [0.15, 0.2) is 55.1 Å². The smallest absolute Gasteiger partial charge is 0.496 e. The summed E-state index contributed by atoms with van der Waals surface area (Å²) in [5, 5.41) is 16.6. The summed E-state index contributed by atoms with van der Waals surface area (Å²) in [6, 6.07) is 7.73. The predicted octanol–water partition coefficient (Wildman–Crippen LogP) is 4.46. The summed E-state index contributed by atoms with van der Waals surface area (Å²) in [4.78, 5) is 14.9. The van der Waals surface area contributed by atoms with Gasteiger partial charge in [-0.1, -0.05) is 17.9 Å². The fourth-order valence-corrected chi connectivity index (χ4v) is 4.28. The highest BCUT2D eigenvalue weighted by Crippen LogP contribution is 2.31. The highest BCUT2D eigenvalue weighted by molar-refractivity contribution is 5.69. The van der Waals surface area contributed by atoms with Gasteiger partial charge in [-0.2, -0.15) is 9.78 Å². The van der Waals surface area contributed by atoms with Crippen molar-refractivity contribution in [3.8, 4) is 29.0 Å². The van der Waals surface area contributed by atoms with Crippen molar-refractivity contribution in [1.29, 1.82) is 0 Å². The molecule has 4 heterocycles. The van der Waals surface area contributed by atoms with E-state index >= 15 is 0 Å². The van der Waals surface area contributed by atoms with Gasteiger partial charge in [0.25, 0.3) is 0 Å². The molecule has 40 heavy (non-hydrogen) atoms. The molecule has 3 aromatic heterocycles. The summed E-state index contributed by atoms with van der Waals surface area (Å²) in [5.74, 6) is 6.17. The molecule has 0 spiro atoms. The number of aromatic nitrogens is 5. The van der Waals surface area contributed by atoms with Crippen LogP contribution in [0.3, 0.4) is 0 Å². The number of pyridine rings is 1. The van der Waals surface area contributed by atoms with Gasteiger partial charge in [0.2, 0.25) is 0 Å². The van der Waals surface area contributed by atoms with Gasteiger partial charge in [0.1, 0.15) is 23.2 Å². The SMILES string of the molecule is COc1cccc(F)c1-c1nccc(Nc2cc(N3CCC[C@@H](O)C3)c(C#Cc3cnn(C(F)(F)F)c3)cn2)n1. The lowest BCUT2D eigenvalue weighted by Crippen LogP contribution is -2.38. The van der Waals surface area contributed by atoms with Gasteiger partial charge in [-0.3, -0.25) is 0 Å². The standard InChI is InChI=1S/C27H23F4N7O2/c1-40-22-6-2-5-20(28)25(22)26-32-10-9-23(36-26)35-24-12-21(37-11-3-4-19(39)16-37)18(14-33-24)8-7-17-13-34-38(15-17)27(29,30)31/h2,5-6,9-10,12-15,19,39H,3-4,11,16H2,1H3,(H,32,33,35,36)/t19-/m1/s1. The molecule has 4 aromatic rings. The maximum Gasteiger partial charge on any atom is 0.504 e. The lowest BCUT2D eigenvalue weighted by atomic mass is 10.1. The van der Waals surface area contributed by atoms with Crippen LogP contribution in [0, 0.1) is 17.7 Å². The van der Waals surface area contributed by atoms with E-state index in [1.807, 2.05) is 4.90 Å². The second-order valence-electron chi connectivity index (χ2n) is 8.93. The summed E-state index contributed by atoms with van der Waals surface area (Å²) < 4.78 is 58.4. The van der Waals surface area contributed by atoms with Gasteiger partial charge in [0.05, 0.1) is 41.8 Å². The zero-order chi connectivity index (χ0) is 28.3. The molecular weight excluding hydrogens is 530 g/mol. The van der Waals surface area contributed by atoms with Crippen LogP contribution in [0.4, 0.5) is 34.9 Å². The Balaban J connectivity index is 1.47. The van der Waals surface area contributed by atoms with E-state index in [0.717, 1.165) is 18.8 Å². The van der Waals surface area contributed by atoms with Gasteiger partial charge in [0, 0.05) is 37.7 Å². The quantitative estimate of drug-likeness (QED) is 0.276. The van der Waals surface area contributed by atoms with Gasteiger partial charge in [-0.05, 0) is 31.0 Å². The number of benzene rings is 1. The van der Waals surface area contributed by atoms with Crippen molar-refractivity contribution >= 4 is 17.3 Å². The lowest BCUT2D eigenvalue weighted by molar-refractivity contribution is -0.212. The van der Waals surface area contributed by atoms with Crippen LogP contribution >= 0.6 is 0 Å². The van der Waals surface area contributed by atoms with E-state index in [2.05, 4.69) is 37.2 Å². The highest BCUT2D eigenvalue weighted by atomic mass is 19.4. The average Bonchev–Trinajstić information content (AvgIpc) is 3.42. The van der Waals surface area contributed by atoms with E-state index in [-0.39, 0.29) is 27.4 Å². The van der Waals surface area contributed by atoms with Gasteiger partial charge in [0.15, 0.2) is 5.82 Å². The molecule has 206 valence electrons. The Hall–Kier alpha value is -4.70. The fourth-order valence-electron chi connectivity index (χ4n) is 4.28. The van der Waals surface area contributed by atoms with E-state index in [1.165, 1.54) is 31.6 Å². The van der Waals surface area contributed by atoms with Crippen molar-refractivity contribution < 1.29 is 27.4 Å². The Labute approximate surface area is 226 Å². The normalized spacial score (nSPS) is 15.3. The molecule has 9 nitrogen and oxygen atoms in total. The first-order valence-corrected chi connectivity index (χ1v) is 12.2. The number of nitrogens with zero attached hydrogens (tertiary/aromatic N) is 6. The molecule has 0 amide bonds. The topological polar surface area (TPSA) is 101 Å². The van der Waals surface area contributed by atoms with E-state index in [0.29, 0.717) is 42.4 Å². The van der Waals surface area contributed by atoms with Crippen LogP contribution in [-0.4, -0.2) is 56.1 Å². The summed E-state index contributed by atoms with van der Waals surface area (Å²) in [6.07, 6.45) is 1.03. The number of nitrogens with one attached hydrogen (secondary N) is 1. The van der Waals surface area contributed by atoms with Gasteiger partial charge >= 0.3 is 6.30 Å². The molecule has 0 unspecified atom stereocenters. The second kappa shape index (κ2) is 11.2. The third-order valence-electron chi connectivity index (χ3n) is 6.13. The second-order valence-corrected chi connectivity index (χ2v) is 8.93. The van der Waals surface area contributed by atoms with Crippen LogP contribution in [0.5, 0.6) is 5.75 Å². The Kier molecular flexibility index (Phi) is 7.52. The highest BCUT2D eigenvalue weighted by Gasteiger charge is 2.31. The number of piperidine rings is 1. The molecule has 1 atom stereocenters. The molecule has 0 saturated carbocycles. The number of β-amino-alcohol motifs (C(OH)–C–C–N with tert-alkyl or cyclic N) is 1. The minimum Gasteiger partial charge on any atom is -0.496 e. The number of aliphatic hydroxyl groups excluding tert-OH is 1. The monoisotopic (exact) mass is 553 g/mol. The van der Waals surface area contributed by atoms with E-state index < -0.39 is 18.2 Å². The molecular formula is C27H23F4N7O2. The fraction of sp³-hybridized carbons (Fsp3) is 0.259. The molecule has 0 bridgehead atoms. The number of anilines is 3. The molecule has 1 saturated heterocycles. The van der Waals surface area contributed by atoms with Crippen molar-refractivity contribution in [1.82, 2.24) is 24.7 Å². The van der Waals surface area contributed by atoms with Crippen molar-refractivity contribution in [2.45, 2.75) is 25.2 Å². The van der Waals surface area contributed by atoms with Crippen molar-refractivity contribution in [2.75, 3.05) is 30.4 Å². The first-order valence-electron chi connectivity index (χ1n) is 12.2. The number of hydrogen-bond acceptors (Lipinski definition) is 8. The molecule has 1 aromatic carbocycles. The summed E-state index contributed by atoms with van der Waals surface area (Å²) in [5.41, 5.74) is 1.29. The molecule has 0 aliphatic carbocycles. The Morgan fingerprint density at radius 1 is 1.12 bits per heavy atom. The summed E-state index contributed by atoms with van der Waals surface area (Å²) in [7, 11) is 1.43. The molecule has 5 rings (SSSR count). The molecule has 0 radical (unpaired) electrons. The number of halogens is 4. The Morgan fingerprint density at radius 2 is 1.98 bits per heavy atom. The zero-order valence-corrected chi connectivity index (χ0v) is 21.2. The van der Waals surface area contributed by atoms with Crippen LogP contribution in [0.25, 0.3) is 11.4 Å². The number of alkyl halides is 3. The Morgan fingerprint density at radius 3 is 2.73 bits per heavy atom. The number of ether oxygens (including phenoxy) is 1. The zero-order valence-electron chi connectivity index (χ0n) is 21.2. The number of methoxy groups -OCH3 is 1. The third kappa shape index (κ3) is 5.97. The summed E-state index contributed by atoms with van der Waals surface area (Å²) in [6.45, 7) is 1.00. The maximum absolute atomic E-state index is 14.6. The van der Waals surface area contributed by atoms with E-state index in [4.69, 9.17) is 4.74 Å². The van der Waals surface area contributed by atoms with Gasteiger partial charge in [-0.15, -0.1) is 13.2 Å². The molecule has 13 heteroatoms. The van der Waals surface area contributed by atoms with E-state index in [1.54, 1.807) is 18.2 Å². The minimum absolute atomic E-state index is 0.0845.